The molecule has 0 aliphatic carbocycles. The Morgan fingerprint density at radius 2 is 2.15 bits per heavy atom. The molecule has 2 rings (SSSR count). The zero-order valence-corrected chi connectivity index (χ0v) is 12.3. The van der Waals surface area contributed by atoms with Gasteiger partial charge in [0.2, 0.25) is 0 Å². The van der Waals surface area contributed by atoms with Crippen molar-refractivity contribution in [1.29, 1.82) is 0 Å². The van der Waals surface area contributed by atoms with E-state index in [2.05, 4.69) is 10.6 Å². The molecule has 1 heterocycles. The van der Waals surface area contributed by atoms with Gasteiger partial charge < -0.3 is 15.7 Å². The Labute approximate surface area is 122 Å². The van der Waals surface area contributed by atoms with Crippen LogP contribution in [0, 0.1) is 6.92 Å². The van der Waals surface area contributed by atoms with Crippen molar-refractivity contribution in [3.63, 3.8) is 0 Å². The van der Waals surface area contributed by atoms with Crippen molar-refractivity contribution in [3.05, 3.63) is 51.7 Å². The van der Waals surface area contributed by atoms with Crippen LogP contribution < -0.4 is 10.6 Å². The number of rotatable bonds is 4. The maximum Gasteiger partial charge on any atom is 0.315 e. The number of carbonyl (C=O) groups is 1. The molecule has 0 aliphatic heterocycles. The first-order valence-electron chi connectivity index (χ1n) is 6.43. The highest BCUT2D eigenvalue weighted by molar-refractivity contribution is 7.12. The Hall–Kier alpha value is -2.01. The zero-order valence-electron chi connectivity index (χ0n) is 11.5. The summed E-state index contributed by atoms with van der Waals surface area (Å²) in [5.41, 5.74) is 0.861. The predicted octanol–water partition coefficient (Wildman–Crippen LogP) is 3.32. The molecule has 1 unspecified atom stereocenters. The molecule has 0 fully saturated rings. The smallest absolute Gasteiger partial charge is 0.315 e. The quantitative estimate of drug-likeness (QED) is 0.809. The highest BCUT2D eigenvalue weighted by atomic mass is 32.1. The average Bonchev–Trinajstić information content (AvgIpc) is 2.83. The summed E-state index contributed by atoms with van der Waals surface area (Å²) >= 11 is 1.68. The SMILES string of the molecule is Cc1ccc(C(C)NC(=O)NCc2cccc(O)c2)s1. The molecule has 0 saturated heterocycles. The topological polar surface area (TPSA) is 61.4 Å². The first-order chi connectivity index (χ1) is 9.54. The molecule has 1 atom stereocenters. The molecule has 106 valence electrons. The van der Waals surface area contributed by atoms with Crippen molar-refractivity contribution in [2.45, 2.75) is 26.4 Å². The molecule has 0 spiro atoms. The summed E-state index contributed by atoms with van der Waals surface area (Å²) in [7, 11) is 0. The van der Waals surface area contributed by atoms with E-state index in [9.17, 15) is 9.90 Å². The monoisotopic (exact) mass is 290 g/mol. The van der Waals surface area contributed by atoms with Gasteiger partial charge in [-0.3, -0.25) is 0 Å². The minimum Gasteiger partial charge on any atom is -0.508 e. The number of phenols is 1. The van der Waals surface area contributed by atoms with Gasteiger partial charge in [-0.2, -0.15) is 0 Å². The summed E-state index contributed by atoms with van der Waals surface area (Å²) in [4.78, 5) is 14.2. The minimum atomic E-state index is -0.216. The Kier molecular flexibility index (Phi) is 4.63. The van der Waals surface area contributed by atoms with Crippen LogP contribution in [0.15, 0.2) is 36.4 Å². The van der Waals surface area contributed by atoms with E-state index in [4.69, 9.17) is 0 Å². The molecule has 0 bridgehead atoms. The van der Waals surface area contributed by atoms with Crippen molar-refractivity contribution in [2.75, 3.05) is 0 Å². The third-order valence-corrected chi connectivity index (χ3v) is 4.08. The summed E-state index contributed by atoms with van der Waals surface area (Å²) < 4.78 is 0. The maximum absolute atomic E-state index is 11.8. The van der Waals surface area contributed by atoms with Gasteiger partial charge in [-0.15, -0.1) is 11.3 Å². The van der Waals surface area contributed by atoms with Crippen molar-refractivity contribution in [2.24, 2.45) is 0 Å². The van der Waals surface area contributed by atoms with Gasteiger partial charge in [0.15, 0.2) is 0 Å². The molecule has 0 saturated carbocycles. The highest BCUT2D eigenvalue weighted by Crippen LogP contribution is 2.22. The second-order valence-electron chi connectivity index (χ2n) is 4.67. The van der Waals surface area contributed by atoms with Gasteiger partial charge in [0, 0.05) is 16.3 Å². The van der Waals surface area contributed by atoms with Crippen LogP contribution in [0.3, 0.4) is 0 Å². The summed E-state index contributed by atoms with van der Waals surface area (Å²) in [6.45, 7) is 4.39. The van der Waals surface area contributed by atoms with E-state index in [1.165, 1.54) is 4.88 Å². The van der Waals surface area contributed by atoms with Gasteiger partial charge in [-0.05, 0) is 43.7 Å². The minimum absolute atomic E-state index is 0.0159. The van der Waals surface area contributed by atoms with Gasteiger partial charge in [0.1, 0.15) is 5.75 Å². The molecule has 3 N–H and O–H groups in total. The molecule has 1 aromatic heterocycles. The Balaban J connectivity index is 1.83. The number of thiophene rings is 1. The van der Waals surface area contributed by atoms with Crippen LogP contribution in [0.5, 0.6) is 5.75 Å². The molecular weight excluding hydrogens is 272 g/mol. The van der Waals surface area contributed by atoms with Crippen LogP contribution in [0.25, 0.3) is 0 Å². The molecule has 0 radical (unpaired) electrons. The number of phenolic OH excluding ortho intramolecular Hbond substituents is 1. The van der Waals surface area contributed by atoms with Crippen LogP contribution in [0.2, 0.25) is 0 Å². The molecule has 5 heteroatoms. The number of urea groups is 1. The Morgan fingerprint density at radius 3 is 2.80 bits per heavy atom. The first kappa shape index (κ1) is 14.4. The standard InChI is InChI=1S/C15H18N2O2S/c1-10-6-7-14(20-10)11(2)17-15(19)16-9-12-4-3-5-13(18)8-12/h3-8,11,18H,9H2,1-2H3,(H2,16,17,19). The van der Waals surface area contributed by atoms with E-state index in [1.807, 2.05) is 32.0 Å². The fraction of sp³-hybridized carbons (Fsp3) is 0.267. The fourth-order valence-electron chi connectivity index (χ4n) is 1.85. The van der Waals surface area contributed by atoms with E-state index in [1.54, 1.807) is 29.5 Å². The van der Waals surface area contributed by atoms with Gasteiger partial charge in [0.25, 0.3) is 0 Å². The highest BCUT2D eigenvalue weighted by Gasteiger charge is 2.10. The molecule has 20 heavy (non-hydrogen) atoms. The third kappa shape index (κ3) is 3.99. The van der Waals surface area contributed by atoms with E-state index >= 15 is 0 Å². The molecule has 2 amide bonds. The second-order valence-corrected chi connectivity index (χ2v) is 5.99. The predicted molar refractivity (Wildman–Crippen MR) is 80.9 cm³/mol. The van der Waals surface area contributed by atoms with Gasteiger partial charge in [0.05, 0.1) is 6.04 Å². The first-order valence-corrected chi connectivity index (χ1v) is 7.25. The summed E-state index contributed by atoms with van der Waals surface area (Å²) in [6, 6.07) is 10.7. The largest absolute Gasteiger partial charge is 0.508 e. The number of aryl methyl sites for hydroxylation is 1. The van der Waals surface area contributed by atoms with Crippen molar-refractivity contribution in [1.82, 2.24) is 10.6 Å². The van der Waals surface area contributed by atoms with Gasteiger partial charge in [-0.1, -0.05) is 12.1 Å². The van der Waals surface area contributed by atoms with E-state index in [-0.39, 0.29) is 17.8 Å². The number of carbonyl (C=O) groups excluding carboxylic acids is 1. The van der Waals surface area contributed by atoms with Crippen LogP contribution in [-0.2, 0) is 6.54 Å². The number of hydrogen-bond acceptors (Lipinski definition) is 3. The van der Waals surface area contributed by atoms with Crippen LogP contribution in [0.1, 0.15) is 28.3 Å². The lowest BCUT2D eigenvalue weighted by molar-refractivity contribution is 0.237. The Bertz CT molecular complexity index is 595. The zero-order chi connectivity index (χ0) is 14.5. The molecular formula is C15H18N2O2S. The molecule has 0 aliphatic rings. The van der Waals surface area contributed by atoms with Crippen LogP contribution in [0.4, 0.5) is 4.79 Å². The third-order valence-electron chi connectivity index (χ3n) is 2.90. The molecule has 4 nitrogen and oxygen atoms in total. The molecule has 1 aromatic carbocycles. The van der Waals surface area contributed by atoms with Crippen molar-refractivity contribution in [3.8, 4) is 5.75 Å². The number of benzene rings is 1. The fourth-order valence-corrected chi connectivity index (χ4v) is 2.73. The summed E-state index contributed by atoms with van der Waals surface area (Å²) in [6.07, 6.45) is 0. The van der Waals surface area contributed by atoms with Gasteiger partial charge >= 0.3 is 6.03 Å². The summed E-state index contributed by atoms with van der Waals surface area (Å²) in [5, 5.41) is 15.0. The summed E-state index contributed by atoms with van der Waals surface area (Å²) in [5.74, 6) is 0.201. The van der Waals surface area contributed by atoms with Crippen molar-refractivity contribution >= 4 is 17.4 Å². The van der Waals surface area contributed by atoms with E-state index in [0.717, 1.165) is 10.4 Å². The second kappa shape index (κ2) is 6.43. The van der Waals surface area contributed by atoms with Crippen LogP contribution >= 0.6 is 11.3 Å². The maximum atomic E-state index is 11.8. The lowest BCUT2D eigenvalue weighted by Crippen LogP contribution is -2.36. The van der Waals surface area contributed by atoms with E-state index < -0.39 is 0 Å². The van der Waals surface area contributed by atoms with Gasteiger partial charge in [-0.25, -0.2) is 4.79 Å². The Morgan fingerprint density at radius 1 is 1.35 bits per heavy atom. The number of nitrogens with one attached hydrogen (secondary N) is 2. The lowest BCUT2D eigenvalue weighted by Gasteiger charge is -2.13. The van der Waals surface area contributed by atoms with Crippen molar-refractivity contribution < 1.29 is 9.90 Å². The normalized spacial score (nSPS) is 11.9. The van der Waals surface area contributed by atoms with Crippen LogP contribution in [-0.4, -0.2) is 11.1 Å². The lowest BCUT2D eigenvalue weighted by atomic mass is 10.2. The number of hydrogen-bond donors (Lipinski definition) is 3. The number of amides is 2. The molecule has 2 aromatic rings. The number of aromatic hydroxyl groups is 1. The average molecular weight is 290 g/mol. The van der Waals surface area contributed by atoms with E-state index in [0.29, 0.717) is 6.54 Å².